The molecule has 0 saturated heterocycles. The van der Waals surface area contributed by atoms with Gasteiger partial charge in [0.25, 0.3) is 0 Å². The van der Waals surface area contributed by atoms with Crippen molar-refractivity contribution in [2.75, 3.05) is 7.11 Å². The van der Waals surface area contributed by atoms with Gasteiger partial charge in [0.15, 0.2) is 0 Å². The Hall–Kier alpha value is -2.02. The number of rotatable bonds is 2. The minimum atomic E-state index is 0.496. The first kappa shape index (κ1) is 9.07. The van der Waals surface area contributed by atoms with Crippen LogP contribution in [0.4, 0.5) is 0 Å². The summed E-state index contributed by atoms with van der Waals surface area (Å²) in [6.45, 7) is 0. The van der Waals surface area contributed by atoms with Gasteiger partial charge in [0, 0.05) is 5.56 Å². The summed E-state index contributed by atoms with van der Waals surface area (Å²) < 4.78 is 4.99. The topological polar surface area (TPSA) is 65.6 Å². The molecule has 1 rings (SSSR count). The van der Waals surface area contributed by atoms with Gasteiger partial charge >= 0.3 is 0 Å². The minimum Gasteiger partial charge on any atom is -0.496 e. The number of hydrogen-bond acceptors (Lipinski definition) is 4. The van der Waals surface area contributed by atoms with Crippen LogP contribution in [0.3, 0.4) is 0 Å². The average molecular weight is 176 g/mol. The van der Waals surface area contributed by atoms with E-state index < -0.39 is 0 Å². The zero-order chi connectivity index (χ0) is 9.68. The molecule has 13 heavy (non-hydrogen) atoms. The molecule has 1 aromatic carbocycles. The highest BCUT2D eigenvalue weighted by atomic mass is 16.5. The van der Waals surface area contributed by atoms with Crippen molar-refractivity contribution in [3.05, 3.63) is 29.3 Å². The molecule has 1 N–H and O–H groups in total. The first-order valence-corrected chi connectivity index (χ1v) is 3.57. The molecule has 4 heteroatoms. The summed E-state index contributed by atoms with van der Waals surface area (Å²) in [5.74, 6) is 0.566. The van der Waals surface area contributed by atoms with E-state index in [2.05, 4.69) is 5.16 Å². The molecule has 0 fully saturated rings. The van der Waals surface area contributed by atoms with Crippen LogP contribution in [0.2, 0.25) is 0 Å². The van der Waals surface area contributed by atoms with Gasteiger partial charge in [0.1, 0.15) is 5.75 Å². The molecule has 0 amide bonds. The smallest absolute Gasteiger partial charge is 0.127 e. The molecule has 0 saturated carbocycles. The lowest BCUT2D eigenvalue weighted by atomic mass is 10.1. The summed E-state index contributed by atoms with van der Waals surface area (Å²) in [5.41, 5.74) is 1.07. The van der Waals surface area contributed by atoms with Crippen molar-refractivity contribution in [3.8, 4) is 11.8 Å². The molecule has 66 valence electrons. The van der Waals surface area contributed by atoms with Gasteiger partial charge in [-0.2, -0.15) is 5.26 Å². The van der Waals surface area contributed by atoms with Crippen molar-refractivity contribution in [2.45, 2.75) is 0 Å². The molecule has 4 nitrogen and oxygen atoms in total. The van der Waals surface area contributed by atoms with Crippen molar-refractivity contribution in [1.82, 2.24) is 0 Å². The molecule has 0 aliphatic carbocycles. The first-order chi connectivity index (χ1) is 6.31. The SMILES string of the molecule is COc1ccc(C#N)cc1/C=N\O. The molecule has 0 aliphatic rings. The third-order valence-electron chi connectivity index (χ3n) is 1.56. The minimum absolute atomic E-state index is 0.496. The quantitative estimate of drug-likeness (QED) is 0.420. The average Bonchev–Trinajstić information content (AvgIpc) is 2.18. The molecular weight excluding hydrogens is 168 g/mol. The van der Waals surface area contributed by atoms with Gasteiger partial charge < -0.3 is 9.94 Å². The molecule has 0 radical (unpaired) electrons. The van der Waals surface area contributed by atoms with E-state index in [0.29, 0.717) is 16.9 Å². The Morgan fingerprint density at radius 3 is 2.92 bits per heavy atom. The molecule has 1 aromatic rings. The van der Waals surface area contributed by atoms with Gasteiger partial charge in [0.05, 0.1) is 25.0 Å². The Balaban J connectivity index is 3.19. The number of benzene rings is 1. The van der Waals surface area contributed by atoms with Gasteiger partial charge in [0.2, 0.25) is 0 Å². The Morgan fingerprint density at radius 1 is 1.62 bits per heavy atom. The van der Waals surface area contributed by atoms with E-state index in [1.165, 1.54) is 13.3 Å². The molecular formula is C9H8N2O2. The fourth-order valence-electron chi connectivity index (χ4n) is 0.967. The van der Waals surface area contributed by atoms with E-state index in [4.69, 9.17) is 15.2 Å². The lowest BCUT2D eigenvalue weighted by Gasteiger charge is -2.02. The summed E-state index contributed by atoms with van der Waals surface area (Å²) in [6.07, 6.45) is 1.22. The second-order valence-electron chi connectivity index (χ2n) is 2.31. The van der Waals surface area contributed by atoms with Crippen LogP contribution in [-0.4, -0.2) is 18.5 Å². The molecule has 0 heterocycles. The van der Waals surface area contributed by atoms with Gasteiger partial charge in [-0.1, -0.05) is 5.16 Å². The maximum atomic E-state index is 8.60. The molecule has 0 unspecified atom stereocenters. The number of nitriles is 1. The number of ether oxygens (including phenoxy) is 1. The van der Waals surface area contributed by atoms with Crippen LogP contribution in [0.25, 0.3) is 0 Å². The zero-order valence-electron chi connectivity index (χ0n) is 7.06. The standard InChI is InChI=1S/C9H8N2O2/c1-13-9-3-2-7(5-10)4-8(9)6-11-12/h2-4,6,12H,1H3/b11-6-. The van der Waals surface area contributed by atoms with Crippen LogP contribution in [0.5, 0.6) is 5.75 Å². The fraction of sp³-hybridized carbons (Fsp3) is 0.111. The van der Waals surface area contributed by atoms with E-state index >= 15 is 0 Å². The van der Waals surface area contributed by atoms with Crippen LogP contribution < -0.4 is 4.74 Å². The molecule has 0 aliphatic heterocycles. The van der Waals surface area contributed by atoms with Crippen LogP contribution in [0, 0.1) is 11.3 Å². The van der Waals surface area contributed by atoms with Gasteiger partial charge in [-0.25, -0.2) is 0 Å². The summed E-state index contributed by atoms with van der Waals surface area (Å²) in [4.78, 5) is 0. The third-order valence-corrected chi connectivity index (χ3v) is 1.56. The fourth-order valence-corrected chi connectivity index (χ4v) is 0.967. The molecule has 0 spiro atoms. The third kappa shape index (κ3) is 1.97. The van der Waals surface area contributed by atoms with Gasteiger partial charge in [-0.15, -0.1) is 0 Å². The summed E-state index contributed by atoms with van der Waals surface area (Å²) in [5, 5.41) is 19.8. The Kier molecular flexibility index (Phi) is 2.87. The molecule has 0 bridgehead atoms. The number of hydrogen-bond donors (Lipinski definition) is 1. The van der Waals surface area contributed by atoms with Crippen molar-refractivity contribution in [1.29, 1.82) is 5.26 Å². The van der Waals surface area contributed by atoms with E-state index in [9.17, 15) is 0 Å². The predicted octanol–water partition coefficient (Wildman–Crippen LogP) is 1.37. The van der Waals surface area contributed by atoms with Crippen molar-refractivity contribution < 1.29 is 9.94 Å². The number of oxime groups is 1. The van der Waals surface area contributed by atoms with E-state index in [1.807, 2.05) is 6.07 Å². The maximum absolute atomic E-state index is 8.60. The number of methoxy groups -OCH3 is 1. The highest BCUT2D eigenvalue weighted by molar-refractivity contribution is 5.83. The Bertz CT molecular complexity index is 366. The van der Waals surface area contributed by atoms with Crippen LogP contribution in [0.1, 0.15) is 11.1 Å². The Labute approximate surface area is 75.7 Å². The van der Waals surface area contributed by atoms with Crippen molar-refractivity contribution >= 4 is 6.21 Å². The number of nitrogens with zero attached hydrogens (tertiary/aromatic N) is 2. The van der Waals surface area contributed by atoms with E-state index in [-0.39, 0.29) is 0 Å². The summed E-state index contributed by atoms with van der Waals surface area (Å²) in [7, 11) is 1.51. The highest BCUT2D eigenvalue weighted by Gasteiger charge is 2.01. The van der Waals surface area contributed by atoms with E-state index in [1.54, 1.807) is 18.2 Å². The zero-order valence-corrected chi connectivity index (χ0v) is 7.06. The normalized spacial score (nSPS) is 9.85. The molecule has 0 aromatic heterocycles. The van der Waals surface area contributed by atoms with Gasteiger partial charge in [-0.05, 0) is 18.2 Å². The van der Waals surface area contributed by atoms with Crippen molar-refractivity contribution in [2.24, 2.45) is 5.16 Å². The highest BCUT2D eigenvalue weighted by Crippen LogP contribution is 2.17. The lowest BCUT2D eigenvalue weighted by molar-refractivity contribution is 0.321. The monoisotopic (exact) mass is 176 g/mol. The van der Waals surface area contributed by atoms with Crippen LogP contribution >= 0.6 is 0 Å². The summed E-state index contributed by atoms with van der Waals surface area (Å²) in [6, 6.07) is 6.84. The first-order valence-electron chi connectivity index (χ1n) is 3.57. The largest absolute Gasteiger partial charge is 0.496 e. The summed E-state index contributed by atoms with van der Waals surface area (Å²) >= 11 is 0. The second kappa shape index (κ2) is 4.12. The molecule has 0 atom stereocenters. The lowest BCUT2D eigenvalue weighted by Crippen LogP contribution is -1.91. The predicted molar refractivity (Wildman–Crippen MR) is 47.1 cm³/mol. The Morgan fingerprint density at radius 2 is 2.38 bits per heavy atom. The van der Waals surface area contributed by atoms with Crippen molar-refractivity contribution in [3.63, 3.8) is 0 Å². The van der Waals surface area contributed by atoms with Crippen LogP contribution in [0.15, 0.2) is 23.4 Å². The van der Waals surface area contributed by atoms with Gasteiger partial charge in [-0.3, -0.25) is 0 Å². The van der Waals surface area contributed by atoms with Crippen LogP contribution in [-0.2, 0) is 0 Å². The second-order valence-corrected chi connectivity index (χ2v) is 2.31. The maximum Gasteiger partial charge on any atom is 0.127 e. The van der Waals surface area contributed by atoms with E-state index in [0.717, 1.165) is 0 Å².